The molecule has 1 aromatic heterocycles. The number of nitrogens with one attached hydrogen (secondary N) is 1. The first-order valence-electron chi connectivity index (χ1n) is 9.73. The van der Waals surface area contributed by atoms with Gasteiger partial charge in [0.2, 0.25) is 11.8 Å². The summed E-state index contributed by atoms with van der Waals surface area (Å²) < 4.78 is 6.25. The van der Waals surface area contributed by atoms with Crippen LogP contribution < -0.4 is 10.1 Å². The smallest absolute Gasteiger partial charge is 0.224 e. The Kier molecular flexibility index (Phi) is 5.76. The van der Waals surface area contributed by atoms with Crippen LogP contribution in [0.25, 0.3) is 10.2 Å². The minimum atomic E-state index is -0.167. The molecule has 4 rings (SSSR count). The first-order valence-corrected chi connectivity index (χ1v) is 10.5. The predicted octanol–water partition coefficient (Wildman–Crippen LogP) is 4.39. The van der Waals surface area contributed by atoms with Gasteiger partial charge >= 0.3 is 0 Å². The van der Waals surface area contributed by atoms with Crippen LogP contribution in [0.3, 0.4) is 0 Å². The van der Waals surface area contributed by atoms with Crippen LogP contribution in [0.5, 0.6) is 5.75 Å². The number of para-hydroxylation sites is 1. The lowest BCUT2D eigenvalue weighted by molar-refractivity contribution is -0.133. The van der Waals surface area contributed by atoms with E-state index in [4.69, 9.17) is 9.72 Å². The number of fused-ring (bicyclic) bond motifs is 1. The van der Waals surface area contributed by atoms with Crippen LogP contribution >= 0.6 is 11.3 Å². The number of ether oxygens (including phenoxy) is 1. The third-order valence-electron chi connectivity index (χ3n) is 5.11. The normalized spacial score (nSPS) is 16.2. The summed E-state index contributed by atoms with van der Waals surface area (Å²) in [5, 5.41) is 3.81. The Morgan fingerprint density at radius 2 is 1.97 bits per heavy atom. The fourth-order valence-electron chi connectivity index (χ4n) is 3.62. The van der Waals surface area contributed by atoms with Crippen molar-refractivity contribution in [3.05, 3.63) is 53.5 Å². The van der Waals surface area contributed by atoms with Crippen LogP contribution in [-0.2, 0) is 9.59 Å². The lowest BCUT2D eigenvalue weighted by Crippen LogP contribution is -2.31. The van der Waals surface area contributed by atoms with Gasteiger partial charge < -0.3 is 15.0 Å². The first-order chi connectivity index (χ1) is 14.1. The molecule has 1 fully saturated rings. The lowest BCUT2D eigenvalue weighted by atomic mass is 10.2. The average molecular weight is 410 g/mol. The fourth-order valence-corrected chi connectivity index (χ4v) is 4.73. The molecule has 29 heavy (non-hydrogen) atoms. The van der Waals surface area contributed by atoms with Crippen LogP contribution in [0.2, 0.25) is 0 Å². The Hall–Kier alpha value is -2.93. The molecule has 1 aliphatic heterocycles. The van der Waals surface area contributed by atoms with Gasteiger partial charge in [-0.2, -0.15) is 0 Å². The largest absolute Gasteiger partial charge is 0.497 e. The summed E-state index contributed by atoms with van der Waals surface area (Å²) in [7, 11) is 1.60. The van der Waals surface area contributed by atoms with Crippen LogP contribution in [0.1, 0.15) is 36.7 Å². The van der Waals surface area contributed by atoms with Crippen molar-refractivity contribution in [2.24, 2.45) is 0 Å². The Labute approximate surface area is 173 Å². The Morgan fingerprint density at radius 1 is 1.17 bits per heavy atom. The van der Waals surface area contributed by atoms with Gasteiger partial charge in [0.1, 0.15) is 10.8 Å². The van der Waals surface area contributed by atoms with Crippen molar-refractivity contribution >= 4 is 39.1 Å². The molecular weight excluding hydrogens is 386 g/mol. The molecule has 0 radical (unpaired) electrons. The summed E-state index contributed by atoms with van der Waals surface area (Å²) in [6.45, 7) is 0.722. The summed E-state index contributed by atoms with van der Waals surface area (Å²) in [4.78, 5) is 31.6. The zero-order valence-electron chi connectivity index (χ0n) is 16.3. The molecule has 1 aliphatic rings. The van der Waals surface area contributed by atoms with Crippen molar-refractivity contribution in [3.8, 4) is 5.75 Å². The molecule has 3 aromatic rings. The topological polar surface area (TPSA) is 71.5 Å². The van der Waals surface area contributed by atoms with Gasteiger partial charge in [0.25, 0.3) is 0 Å². The Balaban J connectivity index is 1.35. The minimum Gasteiger partial charge on any atom is -0.497 e. The van der Waals surface area contributed by atoms with Crippen molar-refractivity contribution in [2.45, 2.75) is 31.7 Å². The molecule has 0 unspecified atom stereocenters. The second-order valence-corrected chi connectivity index (χ2v) is 8.10. The standard InChI is InChI=1S/C22H23N3O3S/c1-28-16-10-8-15(9-11-16)23-20(26)12-13-21(27)25-14-4-6-18(25)22-24-17-5-2-3-7-19(17)29-22/h2-3,5,7-11,18H,4,6,12-14H2,1H3,(H,23,26)/t18-/m0/s1. The van der Waals surface area contributed by atoms with Gasteiger partial charge in [-0.25, -0.2) is 4.98 Å². The van der Waals surface area contributed by atoms with E-state index >= 15 is 0 Å². The number of carbonyl (C=O) groups excluding carboxylic acids is 2. The van der Waals surface area contributed by atoms with Crippen molar-refractivity contribution in [1.82, 2.24) is 9.88 Å². The van der Waals surface area contributed by atoms with Crippen LogP contribution in [0.15, 0.2) is 48.5 Å². The third kappa shape index (κ3) is 4.40. The highest BCUT2D eigenvalue weighted by Gasteiger charge is 2.32. The van der Waals surface area contributed by atoms with Crippen molar-refractivity contribution in [3.63, 3.8) is 0 Å². The summed E-state index contributed by atoms with van der Waals surface area (Å²) in [5.74, 6) is 0.573. The number of likely N-dealkylation sites (tertiary alicyclic amines) is 1. The van der Waals surface area contributed by atoms with Crippen LogP contribution in [0, 0.1) is 0 Å². The number of aromatic nitrogens is 1. The van der Waals surface area contributed by atoms with Crippen LogP contribution in [-0.4, -0.2) is 35.4 Å². The quantitative estimate of drug-likeness (QED) is 0.656. The molecule has 7 heteroatoms. The van der Waals surface area contributed by atoms with Crippen molar-refractivity contribution in [2.75, 3.05) is 19.0 Å². The van der Waals surface area contributed by atoms with Gasteiger partial charge in [0.15, 0.2) is 0 Å². The second kappa shape index (κ2) is 8.61. The summed E-state index contributed by atoms with van der Waals surface area (Å²) in [5.41, 5.74) is 1.67. The summed E-state index contributed by atoms with van der Waals surface area (Å²) in [6.07, 6.45) is 2.24. The second-order valence-electron chi connectivity index (χ2n) is 7.04. The fraction of sp³-hybridized carbons (Fsp3) is 0.318. The lowest BCUT2D eigenvalue weighted by Gasteiger charge is -2.23. The molecule has 0 saturated carbocycles. The monoisotopic (exact) mass is 409 g/mol. The zero-order chi connectivity index (χ0) is 20.2. The van der Waals surface area contributed by atoms with E-state index in [1.165, 1.54) is 0 Å². The van der Waals surface area contributed by atoms with E-state index in [1.54, 1.807) is 42.7 Å². The maximum absolute atomic E-state index is 12.8. The van der Waals surface area contributed by atoms with E-state index in [0.717, 1.165) is 40.4 Å². The maximum Gasteiger partial charge on any atom is 0.224 e. The molecule has 2 aromatic carbocycles. The van der Waals surface area contributed by atoms with Gasteiger partial charge in [0, 0.05) is 25.1 Å². The highest BCUT2D eigenvalue weighted by Crippen LogP contribution is 2.36. The number of thiazole rings is 1. The van der Waals surface area contributed by atoms with E-state index < -0.39 is 0 Å². The number of hydrogen-bond acceptors (Lipinski definition) is 5. The predicted molar refractivity (Wildman–Crippen MR) is 114 cm³/mol. The molecule has 0 aliphatic carbocycles. The average Bonchev–Trinajstić information content (AvgIpc) is 3.39. The van der Waals surface area contributed by atoms with E-state index in [9.17, 15) is 9.59 Å². The number of carbonyl (C=O) groups is 2. The van der Waals surface area contributed by atoms with Gasteiger partial charge in [-0.05, 0) is 49.2 Å². The Morgan fingerprint density at radius 3 is 2.72 bits per heavy atom. The highest BCUT2D eigenvalue weighted by atomic mass is 32.1. The molecule has 1 atom stereocenters. The minimum absolute atomic E-state index is 0.0108. The van der Waals surface area contributed by atoms with Gasteiger partial charge in [-0.15, -0.1) is 11.3 Å². The highest BCUT2D eigenvalue weighted by molar-refractivity contribution is 7.18. The van der Waals surface area contributed by atoms with E-state index in [0.29, 0.717) is 5.69 Å². The third-order valence-corrected chi connectivity index (χ3v) is 6.25. The number of hydrogen-bond donors (Lipinski definition) is 1. The molecule has 6 nitrogen and oxygen atoms in total. The molecule has 1 saturated heterocycles. The Bertz CT molecular complexity index is 983. The molecule has 1 N–H and O–H groups in total. The number of nitrogens with zero attached hydrogens (tertiary/aromatic N) is 2. The van der Waals surface area contributed by atoms with E-state index in [1.807, 2.05) is 23.1 Å². The number of methoxy groups -OCH3 is 1. The number of rotatable bonds is 6. The first kappa shape index (κ1) is 19.4. The maximum atomic E-state index is 12.8. The van der Waals surface area contributed by atoms with Gasteiger partial charge in [-0.1, -0.05) is 12.1 Å². The molecule has 0 bridgehead atoms. The van der Waals surface area contributed by atoms with Crippen molar-refractivity contribution < 1.29 is 14.3 Å². The zero-order valence-corrected chi connectivity index (χ0v) is 17.1. The SMILES string of the molecule is COc1ccc(NC(=O)CCC(=O)N2CCC[C@H]2c2nc3ccccc3s2)cc1. The molecule has 0 spiro atoms. The van der Waals surface area contributed by atoms with E-state index in [-0.39, 0.29) is 30.7 Å². The van der Waals surface area contributed by atoms with Crippen LogP contribution in [0.4, 0.5) is 5.69 Å². The molecular formula is C22H23N3O3S. The summed E-state index contributed by atoms with van der Waals surface area (Å²) in [6, 6.07) is 15.2. The number of anilines is 1. The van der Waals surface area contributed by atoms with E-state index in [2.05, 4.69) is 11.4 Å². The molecule has 2 amide bonds. The molecule has 150 valence electrons. The number of benzene rings is 2. The number of amides is 2. The van der Waals surface area contributed by atoms with Crippen molar-refractivity contribution in [1.29, 1.82) is 0 Å². The van der Waals surface area contributed by atoms with Gasteiger partial charge in [0.05, 0.1) is 23.4 Å². The summed E-state index contributed by atoms with van der Waals surface area (Å²) >= 11 is 1.65. The molecule has 2 heterocycles. The van der Waals surface area contributed by atoms with Gasteiger partial charge in [-0.3, -0.25) is 9.59 Å².